The minimum absolute atomic E-state index is 0.323. The fraction of sp³-hybridized carbons (Fsp3) is 0.941. The molecule has 0 heterocycles. The molecule has 0 N–H and O–H groups in total. The highest BCUT2D eigenvalue weighted by atomic mass is 35.6. The molecule has 0 unspecified atom stereocenters. The van der Waals surface area contributed by atoms with Crippen molar-refractivity contribution in [3.05, 3.63) is 0 Å². The van der Waals surface area contributed by atoms with Gasteiger partial charge in [-0.1, -0.05) is 99.0 Å². The van der Waals surface area contributed by atoms with Crippen molar-refractivity contribution >= 4 is 40.6 Å². The topological polar surface area (TPSA) is 17.1 Å². The zero-order chi connectivity index (χ0) is 16.0. The number of carbonyl (C=O) groups is 1. The molecule has 0 amide bonds. The van der Waals surface area contributed by atoms with Crippen LogP contribution in [0.3, 0.4) is 0 Å². The van der Waals surface area contributed by atoms with Gasteiger partial charge < -0.3 is 4.79 Å². The molecule has 0 radical (unpaired) electrons. The van der Waals surface area contributed by atoms with Gasteiger partial charge in [0, 0.05) is 6.42 Å². The number of hydrogen-bond donors (Lipinski definition) is 0. The van der Waals surface area contributed by atoms with E-state index in [9.17, 15) is 4.79 Å². The molecular formula is C17H31Cl3O. The predicted octanol–water partition coefficient (Wildman–Crippen LogP) is 7.41. The first-order valence-electron chi connectivity index (χ1n) is 8.48. The van der Waals surface area contributed by atoms with Gasteiger partial charge in [0.05, 0.1) is 0 Å². The van der Waals surface area contributed by atoms with E-state index in [0.717, 1.165) is 19.3 Å². The second-order valence-corrected chi connectivity index (χ2v) is 8.58. The number of rotatable bonds is 14. The molecule has 0 saturated carbocycles. The minimum Gasteiger partial charge on any atom is -0.300 e. The summed E-state index contributed by atoms with van der Waals surface area (Å²) in [4.78, 5) is 10.8. The Bertz CT molecular complexity index is 249. The maximum absolute atomic E-state index is 10.8. The quantitative estimate of drug-likeness (QED) is 0.234. The minimum atomic E-state index is -1.07. The molecular weight excluding hydrogens is 327 g/mol. The molecule has 126 valence electrons. The van der Waals surface area contributed by atoms with E-state index in [1.165, 1.54) is 64.2 Å². The molecule has 0 aliphatic rings. The van der Waals surface area contributed by atoms with Crippen LogP contribution in [0.1, 0.15) is 96.8 Å². The normalized spacial score (nSPS) is 11.8. The molecule has 0 aromatic heterocycles. The Labute approximate surface area is 146 Å². The number of ketones is 1. The van der Waals surface area contributed by atoms with Crippen molar-refractivity contribution in [2.24, 2.45) is 0 Å². The monoisotopic (exact) mass is 356 g/mol. The first-order chi connectivity index (χ1) is 9.92. The van der Waals surface area contributed by atoms with Crippen molar-refractivity contribution < 1.29 is 4.79 Å². The van der Waals surface area contributed by atoms with Crippen molar-refractivity contribution in [2.45, 2.75) is 101 Å². The number of carbonyl (C=O) groups excluding carboxylic acids is 1. The van der Waals surface area contributed by atoms with Gasteiger partial charge in [-0.15, -0.1) is 0 Å². The molecule has 0 saturated heterocycles. The number of halogens is 3. The molecule has 4 heteroatoms. The molecule has 0 fully saturated rings. The fourth-order valence-corrected chi connectivity index (χ4v) is 2.87. The molecule has 1 nitrogen and oxygen atoms in total. The summed E-state index contributed by atoms with van der Waals surface area (Å²) in [5, 5.41) is 0. The number of Topliss-reactive ketones (excluding diaryl/α,β-unsaturated/α-hetero) is 1. The van der Waals surface area contributed by atoms with Gasteiger partial charge in [0.25, 0.3) is 0 Å². The summed E-state index contributed by atoms with van der Waals surface area (Å²) >= 11 is 17.1. The van der Waals surface area contributed by atoms with E-state index >= 15 is 0 Å². The average Bonchev–Trinajstić information content (AvgIpc) is 2.37. The summed E-state index contributed by atoms with van der Waals surface area (Å²) < 4.78 is -1.07. The maximum Gasteiger partial charge on any atom is 0.190 e. The van der Waals surface area contributed by atoms with Crippen LogP contribution in [0.4, 0.5) is 0 Å². The van der Waals surface area contributed by atoms with Crippen molar-refractivity contribution in [2.75, 3.05) is 0 Å². The van der Waals surface area contributed by atoms with E-state index in [4.69, 9.17) is 34.8 Å². The summed E-state index contributed by atoms with van der Waals surface area (Å²) in [5.41, 5.74) is 0. The average molecular weight is 358 g/mol. The van der Waals surface area contributed by atoms with Gasteiger partial charge in [-0.2, -0.15) is 0 Å². The van der Waals surface area contributed by atoms with Crippen LogP contribution >= 0.6 is 34.8 Å². The van der Waals surface area contributed by atoms with E-state index in [2.05, 4.69) is 0 Å². The zero-order valence-electron chi connectivity index (χ0n) is 13.4. The van der Waals surface area contributed by atoms with Crippen molar-refractivity contribution in [3.8, 4) is 0 Å². The lowest BCUT2D eigenvalue weighted by Gasteiger charge is -2.09. The van der Waals surface area contributed by atoms with E-state index in [0.29, 0.717) is 12.2 Å². The van der Waals surface area contributed by atoms with Gasteiger partial charge in [0.2, 0.25) is 0 Å². The molecule has 0 rings (SSSR count). The molecule has 0 aliphatic heterocycles. The smallest absolute Gasteiger partial charge is 0.190 e. The Kier molecular flexibility index (Phi) is 14.5. The molecule has 0 aromatic rings. The largest absolute Gasteiger partial charge is 0.300 e. The van der Waals surface area contributed by atoms with Gasteiger partial charge in [-0.05, 0) is 26.2 Å². The van der Waals surface area contributed by atoms with Gasteiger partial charge in [-0.3, -0.25) is 0 Å². The van der Waals surface area contributed by atoms with Crippen LogP contribution in [0.25, 0.3) is 0 Å². The molecule has 0 bridgehead atoms. The van der Waals surface area contributed by atoms with Crippen molar-refractivity contribution in [1.29, 1.82) is 0 Å². The number of hydrogen-bond acceptors (Lipinski definition) is 1. The third-order valence-corrected chi connectivity index (χ3v) is 4.31. The SMILES string of the molecule is CC(=O)CCCCCCCCCCCCCCC(Cl)(Cl)Cl. The summed E-state index contributed by atoms with van der Waals surface area (Å²) in [6.45, 7) is 1.68. The Morgan fingerprint density at radius 3 is 1.33 bits per heavy atom. The van der Waals surface area contributed by atoms with Crippen molar-refractivity contribution in [3.63, 3.8) is 0 Å². The van der Waals surface area contributed by atoms with E-state index in [1.807, 2.05) is 0 Å². The van der Waals surface area contributed by atoms with Crippen LogP contribution in [0.15, 0.2) is 0 Å². The highest BCUT2D eigenvalue weighted by Crippen LogP contribution is 2.32. The van der Waals surface area contributed by atoms with Gasteiger partial charge in [0.1, 0.15) is 5.78 Å². The fourth-order valence-electron chi connectivity index (χ4n) is 2.47. The van der Waals surface area contributed by atoms with Crippen LogP contribution in [-0.4, -0.2) is 9.58 Å². The van der Waals surface area contributed by atoms with Crippen LogP contribution < -0.4 is 0 Å². The number of unbranched alkanes of at least 4 members (excludes halogenated alkanes) is 11. The highest BCUT2D eigenvalue weighted by Gasteiger charge is 2.17. The van der Waals surface area contributed by atoms with Crippen molar-refractivity contribution in [1.82, 2.24) is 0 Å². The Morgan fingerprint density at radius 1 is 0.667 bits per heavy atom. The maximum atomic E-state index is 10.8. The third-order valence-electron chi connectivity index (χ3n) is 3.74. The van der Waals surface area contributed by atoms with E-state index < -0.39 is 3.79 Å². The lowest BCUT2D eigenvalue weighted by atomic mass is 10.0. The van der Waals surface area contributed by atoms with Crippen LogP contribution in [-0.2, 0) is 4.79 Å². The molecule has 21 heavy (non-hydrogen) atoms. The van der Waals surface area contributed by atoms with Crippen LogP contribution in [0, 0.1) is 0 Å². The van der Waals surface area contributed by atoms with E-state index in [-0.39, 0.29) is 0 Å². The standard InChI is InChI=1S/C17H31Cl3O/c1-16(21)14-12-10-8-6-4-2-3-5-7-9-11-13-15-17(18,19)20/h2-15H2,1H3. The second kappa shape index (κ2) is 14.2. The Balaban J connectivity index is 3.04. The summed E-state index contributed by atoms with van der Waals surface area (Å²) in [7, 11) is 0. The number of alkyl halides is 3. The lowest BCUT2D eigenvalue weighted by Crippen LogP contribution is -2.00. The summed E-state index contributed by atoms with van der Waals surface area (Å²) in [5.74, 6) is 0.323. The lowest BCUT2D eigenvalue weighted by molar-refractivity contribution is -0.117. The second-order valence-electron chi connectivity index (χ2n) is 6.06. The third kappa shape index (κ3) is 20.5. The van der Waals surface area contributed by atoms with Crippen LogP contribution in [0.2, 0.25) is 0 Å². The summed E-state index contributed by atoms with van der Waals surface area (Å²) in [6, 6.07) is 0. The van der Waals surface area contributed by atoms with E-state index in [1.54, 1.807) is 6.92 Å². The Hall–Kier alpha value is 0.540. The molecule has 0 atom stereocenters. The highest BCUT2D eigenvalue weighted by molar-refractivity contribution is 6.67. The predicted molar refractivity (Wildman–Crippen MR) is 95.6 cm³/mol. The molecule has 0 aliphatic carbocycles. The van der Waals surface area contributed by atoms with Gasteiger partial charge in [-0.25, -0.2) is 0 Å². The first kappa shape index (κ1) is 21.5. The Morgan fingerprint density at radius 2 is 1.00 bits per heavy atom. The van der Waals surface area contributed by atoms with Gasteiger partial charge >= 0.3 is 0 Å². The van der Waals surface area contributed by atoms with Gasteiger partial charge in [0.15, 0.2) is 3.79 Å². The molecule has 0 aromatic carbocycles. The summed E-state index contributed by atoms with van der Waals surface area (Å²) in [6.07, 6.45) is 16.4. The first-order valence-corrected chi connectivity index (χ1v) is 9.61. The van der Waals surface area contributed by atoms with Crippen LogP contribution in [0.5, 0.6) is 0 Å². The zero-order valence-corrected chi connectivity index (χ0v) is 15.7. The molecule has 0 spiro atoms.